The predicted octanol–water partition coefficient (Wildman–Crippen LogP) is 0.766. The number of halogens is 2. The lowest BCUT2D eigenvalue weighted by Gasteiger charge is -2.18. The largest absolute Gasteiger partial charge is 0.323 e. The highest BCUT2D eigenvalue weighted by atomic mass is 32.2. The van der Waals surface area contributed by atoms with Crippen molar-refractivity contribution in [1.82, 2.24) is 4.31 Å². The number of anilines is 1. The first-order valence-electron chi connectivity index (χ1n) is 5.19. The number of nitrogens with one attached hydrogen (secondary N) is 1. The third kappa shape index (κ3) is 3.37. The molecule has 0 heterocycles. The van der Waals surface area contributed by atoms with Gasteiger partial charge < -0.3 is 5.43 Å². The van der Waals surface area contributed by atoms with E-state index in [9.17, 15) is 27.3 Å². The molecule has 0 aliphatic rings. The standard InChI is InChI=1S/C9H12F2N4O4S/c1-14(5-9(10)11)20(18,19)8-3-2-6(15(16)17)4-7(8)13-12/h2-4,9,13H,5,12H2,1H3. The molecule has 0 aliphatic heterocycles. The summed E-state index contributed by atoms with van der Waals surface area (Å²) in [5.41, 5.74) is 1.38. The zero-order valence-corrected chi connectivity index (χ0v) is 11.1. The van der Waals surface area contributed by atoms with Crippen molar-refractivity contribution >= 4 is 21.4 Å². The van der Waals surface area contributed by atoms with Gasteiger partial charge in [0.2, 0.25) is 10.0 Å². The Morgan fingerprint density at radius 3 is 2.55 bits per heavy atom. The summed E-state index contributed by atoms with van der Waals surface area (Å²) in [5.74, 6) is 5.11. The molecule has 20 heavy (non-hydrogen) atoms. The Morgan fingerprint density at radius 2 is 2.10 bits per heavy atom. The van der Waals surface area contributed by atoms with Gasteiger partial charge in [-0.2, -0.15) is 4.31 Å². The number of nitrogens with two attached hydrogens (primary N) is 1. The van der Waals surface area contributed by atoms with Crippen LogP contribution in [0.4, 0.5) is 20.2 Å². The van der Waals surface area contributed by atoms with E-state index in [-0.39, 0.29) is 11.4 Å². The number of nitro benzene ring substituents is 1. The van der Waals surface area contributed by atoms with Crippen LogP contribution in [0.5, 0.6) is 0 Å². The molecule has 0 aliphatic carbocycles. The second-order valence-corrected chi connectivity index (χ2v) is 5.77. The third-order valence-corrected chi connectivity index (χ3v) is 4.29. The highest BCUT2D eigenvalue weighted by Crippen LogP contribution is 2.27. The summed E-state index contributed by atoms with van der Waals surface area (Å²) in [6.07, 6.45) is -2.85. The normalized spacial score (nSPS) is 11.9. The Bertz CT molecular complexity index is 608. The van der Waals surface area contributed by atoms with Gasteiger partial charge in [0.25, 0.3) is 12.1 Å². The van der Waals surface area contributed by atoms with Crippen molar-refractivity contribution in [3.05, 3.63) is 28.3 Å². The number of rotatable bonds is 6. The second kappa shape index (κ2) is 6.07. The number of alkyl halides is 2. The van der Waals surface area contributed by atoms with Gasteiger partial charge in [-0.25, -0.2) is 17.2 Å². The zero-order valence-electron chi connectivity index (χ0n) is 10.3. The molecule has 0 aromatic heterocycles. The summed E-state index contributed by atoms with van der Waals surface area (Å²) >= 11 is 0. The van der Waals surface area contributed by atoms with Crippen molar-refractivity contribution in [2.24, 2.45) is 5.84 Å². The van der Waals surface area contributed by atoms with Crippen molar-refractivity contribution in [2.45, 2.75) is 11.3 Å². The Hall–Kier alpha value is -1.85. The van der Waals surface area contributed by atoms with Crippen LogP contribution in [0.1, 0.15) is 0 Å². The maximum atomic E-state index is 12.2. The molecule has 0 bridgehead atoms. The summed E-state index contributed by atoms with van der Waals surface area (Å²) < 4.78 is 49.1. The number of sulfonamides is 1. The lowest BCUT2D eigenvalue weighted by molar-refractivity contribution is -0.384. The maximum Gasteiger partial charge on any atom is 0.271 e. The van der Waals surface area contributed by atoms with E-state index in [2.05, 4.69) is 0 Å². The smallest absolute Gasteiger partial charge is 0.271 e. The minimum Gasteiger partial charge on any atom is -0.323 e. The lowest BCUT2D eigenvalue weighted by Crippen LogP contribution is -2.32. The van der Waals surface area contributed by atoms with E-state index in [1.165, 1.54) is 0 Å². The summed E-state index contributed by atoms with van der Waals surface area (Å²) in [6, 6.07) is 2.79. The molecule has 11 heteroatoms. The second-order valence-electron chi connectivity index (χ2n) is 3.76. The minimum absolute atomic E-state index is 0.250. The molecule has 8 nitrogen and oxygen atoms in total. The molecule has 0 radical (unpaired) electrons. The predicted molar refractivity (Wildman–Crippen MR) is 66.7 cm³/mol. The quantitative estimate of drug-likeness (QED) is 0.455. The Labute approximate surface area is 113 Å². The van der Waals surface area contributed by atoms with E-state index in [1.54, 1.807) is 0 Å². The Balaban J connectivity index is 3.28. The molecule has 3 N–H and O–H groups in total. The molecule has 1 rings (SSSR count). The molecule has 112 valence electrons. The summed E-state index contributed by atoms with van der Waals surface area (Å²) in [6.45, 7) is -0.997. The number of nitrogen functional groups attached to an aromatic ring is 1. The van der Waals surface area contributed by atoms with Gasteiger partial charge in [0.1, 0.15) is 4.90 Å². The van der Waals surface area contributed by atoms with E-state index in [0.717, 1.165) is 25.2 Å². The van der Waals surface area contributed by atoms with Crippen LogP contribution in [0.3, 0.4) is 0 Å². The number of benzene rings is 1. The molecule has 1 aromatic rings. The molecule has 0 saturated heterocycles. The molecule has 1 aromatic carbocycles. The minimum atomic E-state index is -4.23. The van der Waals surface area contributed by atoms with Crippen LogP contribution < -0.4 is 11.3 Å². The SMILES string of the molecule is CN(CC(F)F)S(=O)(=O)c1ccc([N+](=O)[O-])cc1NN. The van der Waals surface area contributed by atoms with Crippen molar-refractivity contribution in [2.75, 3.05) is 19.0 Å². The fraction of sp³-hybridized carbons (Fsp3) is 0.333. The molecular formula is C9H12F2N4O4S. The van der Waals surface area contributed by atoms with E-state index in [1.807, 2.05) is 5.43 Å². The van der Waals surface area contributed by atoms with Crippen molar-refractivity contribution < 1.29 is 22.1 Å². The van der Waals surface area contributed by atoms with Crippen molar-refractivity contribution in [3.8, 4) is 0 Å². The first-order valence-corrected chi connectivity index (χ1v) is 6.63. The number of hydrazine groups is 1. The van der Waals surface area contributed by atoms with Crippen LogP contribution in [0.15, 0.2) is 23.1 Å². The summed E-state index contributed by atoms with van der Waals surface area (Å²) in [7, 11) is -3.26. The molecule has 0 spiro atoms. The van der Waals surface area contributed by atoms with Gasteiger partial charge in [0, 0.05) is 19.2 Å². The first-order chi connectivity index (χ1) is 9.20. The monoisotopic (exact) mass is 310 g/mol. The number of hydrogen-bond acceptors (Lipinski definition) is 6. The fourth-order valence-electron chi connectivity index (χ4n) is 1.43. The fourth-order valence-corrected chi connectivity index (χ4v) is 2.71. The molecule has 0 saturated carbocycles. The van der Waals surface area contributed by atoms with Crippen LogP contribution in [-0.4, -0.2) is 37.7 Å². The van der Waals surface area contributed by atoms with E-state index in [4.69, 9.17) is 5.84 Å². The van der Waals surface area contributed by atoms with Gasteiger partial charge in [-0.05, 0) is 6.07 Å². The molecule has 0 amide bonds. The zero-order chi connectivity index (χ0) is 15.5. The number of nitro groups is 1. The van der Waals surface area contributed by atoms with Gasteiger partial charge >= 0.3 is 0 Å². The van der Waals surface area contributed by atoms with E-state index < -0.39 is 32.8 Å². The average Bonchev–Trinajstić information content (AvgIpc) is 2.36. The van der Waals surface area contributed by atoms with Crippen LogP contribution in [0.25, 0.3) is 0 Å². The van der Waals surface area contributed by atoms with Crippen molar-refractivity contribution in [3.63, 3.8) is 0 Å². The highest BCUT2D eigenvalue weighted by Gasteiger charge is 2.27. The number of nitrogens with zero attached hydrogens (tertiary/aromatic N) is 2. The van der Waals surface area contributed by atoms with Gasteiger partial charge in [-0.3, -0.25) is 16.0 Å². The molecule has 0 unspecified atom stereocenters. The van der Waals surface area contributed by atoms with Crippen LogP contribution in [-0.2, 0) is 10.0 Å². The molecule has 0 atom stereocenters. The first kappa shape index (κ1) is 16.2. The van der Waals surface area contributed by atoms with E-state index in [0.29, 0.717) is 4.31 Å². The topological polar surface area (TPSA) is 119 Å². The number of hydrogen-bond donors (Lipinski definition) is 2. The van der Waals surface area contributed by atoms with Crippen molar-refractivity contribution in [1.29, 1.82) is 0 Å². The van der Waals surface area contributed by atoms with Crippen LogP contribution >= 0.6 is 0 Å². The van der Waals surface area contributed by atoms with Gasteiger partial charge in [-0.1, -0.05) is 0 Å². The molecule has 0 fully saturated rings. The van der Waals surface area contributed by atoms with Gasteiger partial charge in [0.05, 0.1) is 17.2 Å². The third-order valence-electron chi connectivity index (χ3n) is 2.41. The van der Waals surface area contributed by atoms with E-state index >= 15 is 0 Å². The highest BCUT2D eigenvalue weighted by molar-refractivity contribution is 7.89. The lowest BCUT2D eigenvalue weighted by atomic mass is 10.3. The average molecular weight is 310 g/mol. The van der Waals surface area contributed by atoms with Gasteiger partial charge in [-0.15, -0.1) is 0 Å². The molecular weight excluding hydrogens is 298 g/mol. The number of non-ortho nitro benzene ring substituents is 1. The summed E-state index contributed by atoms with van der Waals surface area (Å²) in [4.78, 5) is 9.43. The maximum absolute atomic E-state index is 12.2. The summed E-state index contributed by atoms with van der Waals surface area (Å²) in [5, 5.41) is 10.6. The van der Waals surface area contributed by atoms with Gasteiger partial charge in [0.15, 0.2) is 0 Å². The van der Waals surface area contributed by atoms with Crippen LogP contribution in [0, 0.1) is 10.1 Å². The Kier molecular flexibility index (Phi) is 4.92. The van der Waals surface area contributed by atoms with Crippen LogP contribution in [0.2, 0.25) is 0 Å². The Morgan fingerprint density at radius 1 is 1.50 bits per heavy atom.